The summed E-state index contributed by atoms with van der Waals surface area (Å²) in [5, 5.41) is 23.9. The van der Waals surface area contributed by atoms with Crippen molar-refractivity contribution in [3.8, 4) is 17.1 Å². The number of pyridine rings is 1. The first-order chi connectivity index (χ1) is 8.70. The van der Waals surface area contributed by atoms with Crippen molar-refractivity contribution >= 4 is 10.9 Å². The number of aromatic nitrogens is 5. The maximum absolute atomic E-state index is 12.2. The van der Waals surface area contributed by atoms with Gasteiger partial charge in [-0.1, -0.05) is 12.1 Å². The highest BCUT2D eigenvalue weighted by Gasteiger charge is 2.18. The number of aromatic hydroxyl groups is 1. The lowest BCUT2D eigenvalue weighted by Crippen LogP contribution is -2.19. The van der Waals surface area contributed by atoms with Gasteiger partial charge in [0.05, 0.1) is 5.52 Å². The zero-order valence-corrected chi connectivity index (χ0v) is 9.45. The van der Waals surface area contributed by atoms with Gasteiger partial charge in [0.2, 0.25) is 5.82 Å². The van der Waals surface area contributed by atoms with Crippen LogP contribution in [0.1, 0.15) is 0 Å². The SMILES string of the molecule is Cn1c(=O)c(-c2nn[nH]n2)c(O)c2ccccc21. The van der Waals surface area contributed by atoms with Crippen molar-refractivity contribution < 1.29 is 5.11 Å². The number of nitrogens with zero attached hydrogens (tertiary/aromatic N) is 4. The van der Waals surface area contributed by atoms with Crippen LogP contribution in [0.15, 0.2) is 29.1 Å². The van der Waals surface area contributed by atoms with Gasteiger partial charge < -0.3 is 9.67 Å². The van der Waals surface area contributed by atoms with Crippen molar-refractivity contribution in [2.75, 3.05) is 0 Å². The summed E-state index contributed by atoms with van der Waals surface area (Å²) in [6.07, 6.45) is 0. The molecule has 7 nitrogen and oxygen atoms in total. The summed E-state index contributed by atoms with van der Waals surface area (Å²) >= 11 is 0. The van der Waals surface area contributed by atoms with Gasteiger partial charge >= 0.3 is 0 Å². The van der Waals surface area contributed by atoms with E-state index < -0.39 is 0 Å². The number of aromatic amines is 1. The summed E-state index contributed by atoms with van der Waals surface area (Å²) in [5.41, 5.74) is 0.324. The molecule has 0 radical (unpaired) electrons. The lowest BCUT2D eigenvalue weighted by atomic mass is 10.1. The Bertz CT molecular complexity index is 776. The first-order valence-electron chi connectivity index (χ1n) is 5.24. The Morgan fingerprint density at radius 3 is 2.83 bits per heavy atom. The van der Waals surface area contributed by atoms with E-state index in [0.29, 0.717) is 10.9 Å². The van der Waals surface area contributed by atoms with Crippen LogP contribution >= 0.6 is 0 Å². The van der Waals surface area contributed by atoms with Crippen molar-refractivity contribution in [1.82, 2.24) is 25.2 Å². The summed E-state index contributed by atoms with van der Waals surface area (Å²) in [4.78, 5) is 12.2. The van der Waals surface area contributed by atoms with E-state index in [4.69, 9.17) is 0 Å². The molecule has 2 heterocycles. The van der Waals surface area contributed by atoms with Crippen LogP contribution in [-0.4, -0.2) is 30.3 Å². The van der Waals surface area contributed by atoms with E-state index in [1.807, 2.05) is 0 Å². The molecule has 0 spiro atoms. The number of hydrogen-bond acceptors (Lipinski definition) is 5. The molecule has 0 saturated carbocycles. The molecule has 0 fully saturated rings. The molecule has 18 heavy (non-hydrogen) atoms. The molecule has 0 unspecified atom stereocenters. The van der Waals surface area contributed by atoms with Crippen molar-refractivity contribution in [3.05, 3.63) is 34.6 Å². The maximum Gasteiger partial charge on any atom is 0.265 e. The van der Waals surface area contributed by atoms with E-state index in [1.54, 1.807) is 31.3 Å². The van der Waals surface area contributed by atoms with Gasteiger partial charge in [-0.15, -0.1) is 10.2 Å². The highest BCUT2D eigenvalue weighted by Crippen LogP contribution is 2.30. The Kier molecular flexibility index (Phi) is 2.12. The molecule has 1 aromatic carbocycles. The lowest BCUT2D eigenvalue weighted by Gasteiger charge is -2.09. The van der Waals surface area contributed by atoms with Gasteiger partial charge in [-0.2, -0.15) is 5.21 Å². The Labute approximate surface area is 101 Å². The van der Waals surface area contributed by atoms with Crippen molar-refractivity contribution in [1.29, 1.82) is 0 Å². The van der Waals surface area contributed by atoms with Crippen LogP contribution in [0.5, 0.6) is 5.75 Å². The van der Waals surface area contributed by atoms with Crippen LogP contribution in [0, 0.1) is 0 Å². The number of H-pyrrole nitrogens is 1. The predicted molar refractivity (Wildman–Crippen MR) is 64.0 cm³/mol. The number of tetrazole rings is 1. The number of nitrogens with one attached hydrogen (secondary N) is 1. The average molecular weight is 243 g/mol. The minimum Gasteiger partial charge on any atom is -0.506 e. The van der Waals surface area contributed by atoms with E-state index in [9.17, 15) is 9.90 Å². The molecule has 0 aliphatic rings. The van der Waals surface area contributed by atoms with Crippen LogP contribution in [0.25, 0.3) is 22.3 Å². The second-order valence-corrected chi connectivity index (χ2v) is 3.84. The molecule has 2 N–H and O–H groups in total. The fourth-order valence-corrected chi connectivity index (χ4v) is 1.95. The molecule has 7 heteroatoms. The summed E-state index contributed by atoms with van der Waals surface area (Å²) in [5.74, 6) is -0.0473. The summed E-state index contributed by atoms with van der Waals surface area (Å²) < 4.78 is 1.45. The third-order valence-electron chi connectivity index (χ3n) is 2.84. The highest BCUT2D eigenvalue weighted by atomic mass is 16.3. The molecule has 2 aromatic heterocycles. The molecular formula is C11H9N5O2. The van der Waals surface area contributed by atoms with Crippen LogP contribution in [0.2, 0.25) is 0 Å². The standard InChI is InChI=1S/C11H9N5O2/c1-16-7-5-3-2-4-6(7)9(17)8(11(16)18)10-12-14-15-13-10/h2-5,17H,1H3,(H,12,13,14,15). The molecule has 3 rings (SSSR count). The first-order valence-corrected chi connectivity index (χ1v) is 5.24. The lowest BCUT2D eigenvalue weighted by molar-refractivity contribution is 0.481. The monoisotopic (exact) mass is 243 g/mol. The fourth-order valence-electron chi connectivity index (χ4n) is 1.95. The molecule has 0 aliphatic carbocycles. The highest BCUT2D eigenvalue weighted by molar-refractivity contribution is 5.90. The molecule has 3 aromatic rings. The van der Waals surface area contributed by atoms with E-state index in [2.05, 4.69) is 20.6 Å². The Balaban J connectivity index is 2.51. The quantitative estimate of drug-likeness (QED) is 0.645. The van der Waals surface area contributed by atoms with Crippen molar-refractivity contribution in [3.63, 3.8) is 0 Å². The number of hydrogen-bond donors (Lipinski definition) is 2. The number of benzene rings is 1. The molecule has 0 saturated heterocycles. The Hall–Kier alpha value is -2.70. The van der Waals surface area contributed by atoms with Gasteiger partial charge in [-0.05, 0) is 17.3 Å². The van der Waals surface area contributed by atoms with Crippen LogP contribution in [-0.2, 0) is 7.05 Å². The molecule has 0 bridgehead atoms. The van der Waals surface area contributed by atoms with Gasteiger partial charge in [0, 0.05) is 12.4 Å². The summed E-state index contributed by atoms with van der Waals surface area (Å²) in [6, 6.07) is 7.08. The van der Waals surface area contributed by atoms with E-state index in [0.717, 1.165) is 0 Å². The van der Waals surface area contributed by atoms with Gasteiger partial charge in [0.25, 0.3) is 5.56 Å². The predicted octanol–water partition coefficient (Wildman–Crippen LogP) is 0.424. The molecule has 90 valence electrons. The normalized spacial score (nSPS) is 10.9. The van der Waals surface area contributed by atoms with Gasteiger partial charge in [0.1, 0.15) is 11.3 Å². The largest absolute Gasteiger partial charge is 0.506 e. The zero-order valence-electron chi connectivity index (χ0n) is 9.45. The zero-order chi connectivity index (χ0) is 12.7. The average Bonchev–Trinajstić information content (AvgIpc) is 2.90. The number of para-hydroxylation sites is 1. The van der Waals surface area contributed by atoms with Gasteiger partial charge in [-0.3, -0.25) is 4.79 Å². The Morgan fingerprint density at radius 2 is 2.11 bits per heavy atom. The second kappa shape index (κ2) is 3.66. The summed E-state index contributed by atoms with van der Waals surface area (Å²) in [7, 11) is 1.63. The molecule has 0 atom stereocenters. The van der Waals surface area contributed by atoms with Crippen LogP contribution in [0.4, 0.5) is 0 Å². The van der Waals surface area contributed by atoms with Crippen LogP contribution in [0.3, 0.4) is 0 Å². The number of fused-ring (bicyclic) bond motifs is 1. The van der Waals surface area contributed by atoms with Crippen molar-refractivity contribution in [2.45, 2.75) is 0 Å². The topological polar surface area (TPSA) is 96.7 Å². The smallest absolute Gasteiger partial charge is 0.265 e. The molecule has 0 amide bonds. The second-order valence-electron chi connectivity index (χ2n) is 3.84. The summed E-state index contributed by atoms with van der Waals surface area (Å²) in [6.45, 7) is 0. The first kappa shape index (κ1) is 10.5. The Morgan fingerprint density at radius 1 is 1.33 bits per heavy atom. The van der Waals surface area contributed by atoms with Gasteiger partial charge in [0.15, 0.2) is 0 Å². The fraction of sp³-hybridized carbons (Fsp3) is 0.0909. The van der Waals surface area contributed by atoms with Crippen molar-refractivity contribution in [2.24, 2.45) is 7.05 Å². The minimum absolute atomic E-state index is 0.0462. The van der Waals surface area contributed by atoms with Crippen LogP contribution < -0.4 is 5.56 Å². The number of aryl methyl sites for hydroxylation is 1. The number of rotatable bonds is 1. The van der Waals surface area contributed by atoms with E-state index in [-0.39, 0.29) is 22.7 Å². The molecule has 0 aliphatic heterocycles. The van der Waals surface area contributed by atoms with E-state index >= 15 is 0 Å². The minimum atomic E-state index is -0.368. The maximum atomic E-state index is 12.2. The third-order valence-corrected chi connectivity index (χ3v) is 2.84. The molecular weight excluding hydrogens is 234 g/mol. The van der Waals surface area contributed by atoms with Gasteiger partial charge in [-0.25, -0.2) is 0 Å². The van der Waals surface area contributed by atoms with E-state index in [1.165, 1.54) is 4.57 Å². The third kappa shape index (κ3) is 1.30.